The fourth-order valence-corrected chi connectivity index (χ4v) is 4.92. The zero-order valence-corrected chi connectivity index (χ0v) is 24.5. The van der Waals surface area contributed by atoms with Crippen LogP contribution < -0.4 is 15.6 Å². The van der Waals surface area contributed by atoms with Crippen LogP contribution in [0.25, 0.3) is 20.9 Å². The maximum absolute atomic E-state index is 14.3. The third-order valence-electron chi connectivity index (χ3n) is 7.11. The summed E-state index contributed by atoms with van der Waals surface area (Å²) < 4.78 is 12.2. The highest BCUT2D eigenvalue weighted by molar-refractivity contribution is 6.01. The molecule has 3 N–H and O–H groups in total. The highest BCUT2D eigenvalue weighted by Crippen LogP contribution is 2.46. The number of aliphatic hydroxyl groups is 1. The molecule has 4 rings (SSSR count). The molecule has 44 heavy (non-hydrogen) atoms. The molecular formula is C31H35N9O4. The molecule has 0 saturated carbocycles. The van der Waals surface area contributed by atoms with E-state index in [1.165, 1.54) is 0 Å². The second-order valence-electron chi connectivity index (χ2n) is 10.1. The molecule has 1 amide bonds. The van der Waals surface area contributed by atoms with Crippen LogP contribution in [-0.2, 0) is 16.0 Å². The Labute approximate surface area is 255 Å². The molecule has 0 aromatic heterocycles. The number of carbonyl (C=O) groups excluding carboxylic acids is 1. The smallest absolute Gasteiger partial charge is 0.266 e. The molecule has 1 heterocycles. The van der Waals surface area contributed by atoms with Gasteiger partial charge in [0, 0.05) is 58.3 Å². The number of hydrazine groups is 1. The second-order valence-corrected chi connectivity index (χ2v) is 10.1. The van der Waals surface area contributed by atoms with Crippen LogP contribution in [0.4, 0.5) is 11.4 Å². The molecule has 3 aromatic carbocycles. The van der Waals surface area contributed by atoms with Crippen molar-refractivity contribution in [2.45, 2.75) is 50.7 Å². The minimum absolute atomic E-state index is 0.00574. The number of carbonyl (C=O) groups is 1. The number of hydrogen-bond donors (Lipinski definition) is 3. The van der Waals surface area contributed by atoms with Crippen molar-refractivity contribution < 1.29 is 19.4 Å². The second kappa shape index (κ2) is 16.0. The molecule has 3 aromatic rings. The number of nitrogens with zero attached hydrogens (tertiary/aromatic N) is 7. The van der Waals surface area contributed by atoms with Crippen molar-refractivity contribution in [2.24, 2.45) is 15.2 Å². The monoisotopic (exact) mass is 597 g/mol. The van der Waals surface area contributed by atoms with Crippen LogP contribution in [0.2, 0.25) is 0 Å². The Hall–Kier alpha value is -5.06. The average Bonchev–Trinajstić information content (AvgIpc) is 3.43. The van der Waals surface area contributed by atoms with Gasteiger partial charge in [0.2, 0.25) is 5.90 Å². The lowest BCUT2D eigenvalue weighted by Gasteiger charge is -2.31. The zero-order chi connectivity index (χ0) is 31.2. The maximum Gasteiger partial charge on any atom is 0.266 e. The van der Waals surface area contributed by atoms with Gasteiger partial charge in [-0.05, 0) is 47.3 Å². The minimum atomic E-state index is -1.61. The number of amides is 1. The number of hydrogen-bond acceptors (Lipinski definition) is 8. The van der Waals surface area contributed by atoms with Crippen molar-refractivity contribution in [3.63, 3.8) is 0 Å². The molecule has 13 nitrogen and oxygen atoms in total. The van der Waals surface area contributed by atoms with Crippen LogP contribution in [0.1, 0.15) is 55.4 Å². The molecule has 0 saturated heterocycles. The van der Waals surface area contributed by atoms with Crippen LogP contribution in [0, 0.1) is 0 Å². The summed E-state index contributed by atoms with van der Waals surface area (Å²) in [4.78, 5) is 25.2. The fourth-order valence-electron chi connectivity index (χ4n) is 4.92. The van der Waals surface area contributed by atoms with Gasteiger partial charge in [0.05, 0.1) is 6.61 Å². The van der Waals surface area contributed by atoms with Gasteiger partial charge in [-0.2, -0.15) is 0 Å². The van der Waals surface area contributed by atoms with E-state index in [1.54, 1.807) is 72.8 Å². The molecule has 0 bridgehead atoms. The van der Waals surface area contributed by atoms with E-state index in [9.17, 15) is 15.9 Å². The number of unbranched alkanes of at least 4 members (excludes halogenated alkanes) is 2. The first-order valence-electron chi connectivity index (χ1n) is 14.5. The quantitative estimate of drug-likeness (QED) is 0.0547. The van der Waals surface area contributed by atoms with E-state index in [0.29, 0.717) is 53.4 Å². The Morgan fingerprint density at radius 3 is 2.43 bits per heavy atom. The third-order valence-corrected chi connectivity index (χ3v) is 7.11. The summed E-state index contributed by atoms with van der Waals surface area (Å²) in [7, 11) is 0. The molecule has 13 heteroatoms. The first kappa shape index (κ1) is 31.9. The molecule has 228 valence electrons. The van der Waals surface area contributed by atoms with E-state index in [1.807, 2.05) is 0 Å². The highest BCUT2D eigenvalue weighted by atomic mass is 16.5. The Kier molecular flexibility index (Phi) is 11.6. The van der Waals surface area contributed by atoms with E-state index in [2.05, 4.69) is 37.8 Å². The number of nitrogens with one attached hydrogen (secondary N) is 2. The van der Waals surface area contributed by atoms with Gasteiger partial charge >= 0.3 is 0 Å². The summed E-state index contributed by atoms with van der Waals surface area (Å²) in [6.07, 6.45) is 2.39. The maximum atomic E-state index is 14.3. The third kappa shape index (κ3) is 7.66. The van der Waals surface area contributed by atoms with Gasteiger partial charge in [-0.3, -0.25) is 10.2 Å². The summed E-state index contributed by atoms with van der Waals surface area (Å²) >= 11 is 0. The number of aliphatic imine (C=N–C) groups is 1. The van der Waals surface area contributed by atoms with Crippen LogP contribution >= 0.6 is 0 Å². The first-order valence-corrected chi connectivity index (χ1v) is 14.5. The van der Waals surface area contributed by atoms with Crippen LogP contribution in [0.3, 0.4) is 0 Å². The number of benzene rings is 3. The molecule has 0 radical (unpaired) electrons. The predicted octanol–water partition coefficient (Wildman–Crippen LogP) is 6.64. The SMILES string of the molecule is CCCCCNNC(=O)[C@@]1(Cc2ccccc2N=[N+]=[N-])N=C(c2ccc(OCCCO)cc2)O[C@H]1c1ccccc1N=[N+]=[N-]. The van der Waals surface area contributed by atoms with E-state index in [4.69, 9.17) is 19.6 Å². The molecule has 1 aliphatic rings. The molecular weight excluding hydrogens is 562 g/mol. The van der Waals surface area contributed by atoms with Crippen molar-refractivity contribution in [2.75, 3.05) is 19.8 Å². The molecule has 0 spiro atoms. The molecule has 2 atom stereocenters. The van der Waals surface area contributed by atoms with E-state index in [0.717, 1.165) is 19.3 Å². The van der Waals surface area contributed by atoms with Gasteiger partial charge in [-0.25, -0.2) is 10.4 Å². The summed E-state index contributed by atoms with van der Waals surface area (Å²) in [6, 6.07) is 20.9. The topological polar surface area (TPSA) is 190 Å². The van der Waals surface area contributed by atoms with Gasteiger partial charge < -0.3 is 14.6 Å². The lowest BCUT2D eigenvalue weighted by molar-refractivity contribution is -0.130. The number of rotatable bonds is 16. The van der Waals surface area contributed by atoms with Crippen molar-refractivity contribution in [1.29, 1.82) is 0 Å². The van der Waals surface area contributed by atoms with Crippen LogP contribution in [-0.4, -0.2) is 42.2 Å². The number of ether oxygens (including phenoxy) is 2. The largest absolute Gasteiger partial charge is 0.494 e. The lowest BCUT2D eigenvalue weighted by atomic mass is 9.81. The lowest BCUT2D eigenvalue weighted by Crippen LogP contribution is -2.54. The molecule has 0 aliphatic carbocycles. The van der Waals surface area contributed by atoms with Gasteiger partial charge in [-0.15, -0.1) is 0 Å². The van der Waals surface area contributed by atoms with Crippen molar-refractivity contribution in [3.05, 3.63) is 110 Å². The summed E-state index contributed by atoms with van der Waals surface area (Å²) in [5, 5.41) is 16.8. The van der Waals surface area contributed by atoms with Crippen molar-refractivity contribution in [1.82, 2.24) is 10.9 Å². The predicted molar refractivity (Wildman–Crippen MR) is 167 cm³/mol. The summed E-state index contributed by atoms with van der Waals surface area (Å²) in [5.41, 5.74) is 25.1. The number of aliphatic hydroxyl groups excluding tert-OH is 1. The minimum Gasteiger partial charge on any atom is -0.494 e. The molecule has 1 aliphatic heterocycles. The Morgan fingerprint density at radius 2 is 1.70 bits per heavy atom. The Bertz CT molecular complexity index is 1550. The zero-order valence-electron chi connectivity index (χ0n) is 24.5. The normalized spacial score (nSPS) is 17.0. The highest BCUT2D eigenvalue weighted by Gasteiger charge is 2.54. The van der Waals surface area contributed by atoms with Gasteiger partial charge in [-0.1, -0.05) is 78.5 Å². The number of azide groups is 2. The summed E-state index contributed by atoms with van der Waals surface area (Å²) in [6.45, 7) is 3.05. The van der Waals surface area contributed by atoms with Gasteiger partial charge in [0.15, 0.2) is 11.6 Å². The van der Waals surface area contributed by atoms with Gasteiger partial charge in [0.25, 0.3) is 5.91 Å². The standard InChI is InChI=1S/C31H35N9O4/c1-2-3-8-18-34-38-30(42)31(21-23-10-4-6-12-26(23)36-39-32)28(25-11-5-7-13-27(25)37-40-33)44-29(35-31)22-14-16-24(17-15-22)43-20-9-19-41/h4-7,10-17,28,34,41H,2-3,8-9,18-21H2,1H3,(H,38,42)/t28-,31-/m0/s1. The first-order chi connectivity index (χ1) is 21.6. The summed E-state index contributed by atoms with van der Waals surface area (Å²) in [5.74, 6) is 0.342. The molecule has 0 unspecified atom stereocenters. The average molecular weight is 598 g/mol. The van der Waals surface area contributed by atoms with Crippen molar-refractivity contribution >= 4 is 23.2 Å². The fraction of sp³-hybridized carbons (Fsp3) is 0.355. The van der Waals surface area contributed by atoms with E-state index in [-0.39, 0.29) is 18.9 Å². The van der Waals surface area contributed by atoms with Crippen LogP contribution in [0.5, 0.6) is 5.75 Å². The van der Waals surface area contributed by atoms with E-state index >= 15 is 0 Å². The van der Waals surface area contributed by atoms with E-state index < -0.39 is 17.6 Å². The Morgan fingerprint density at radius 1 is 1.00 bits per heavy atom. The Balaban J connectivity index is 1.83. The van der Waals surface area contributed by atoms with Crippen molar-refractivity contribution in [3.8, 4) is 5.75 Å². The van der Waals surface area contributed by atoms with Crippen LogP contribution in [0.15, 0.2) is 88.0 Å². The van der Waals surface area contributed by atoms with Gasteiger partial charge in [0.1, 0.15) is 5.75 Å². The molecule has 0 fully saturated rings.